The van der Waals surface area contributed by atoms with Gasteiger partial charge in [-0.1, -0.05) is 18.1 Å². The van der Waals surface area contributed by atoms with E-state index < -0.39 is 14.5 Å². The van der Waals surface area contributed by atoms with Crippen LogP contribution in [0.15, 0.2) is 22.3 Å². The molecule has 0 fully saturated rings. The van der Waals surface area contributed by atoms with Crippen molar-refractivity contribution in [3.63, 3.8) is 0 Å². The molecule has 0 amide bonds. The third kappa shape index (κ3) is 14.0. The standard InChI is InChI=1S/C12H18.C10H15.2BF4.Ir/c1-7-8(2)10(4)12(6)11(5)9(7)3;1-6-7(2)9(4)10(5)8(6)3;2*2-1(3,4)5;/h1-6H3;1-5H3;;;/q;;2*-1;. The van der Waals surface area contributed by atoms with Crippen LogP contribution in [0.3, 0.4) is 0 Å². The van der Waals surface area contributed by atoms with Crippen molar-refractivity contribution < 1.29 is 54.6 Å². The first-order chi connectivity index (χ1) is 14.0. The number of rotatable bonds is 0. The monoisotopic (exact) mass is 664 g/mol. The number of hydrogen-bond acceptors (Lipinski definition) is 0. The second-order valence-electron chi connectivity index (χ2n) is 7.86. The molecule has 0 bridgehead atoms. The SMILES string of the molecule is C[C]1C(C)=C(C)C(C)=C1C.Cc1c(C)c(C)c(C)c(C)c1C.F[B-](F)(F)F.F[B-](F)(F)F.[Ir]. The number of halogens is 8. The average Bonchev–Trinajstić information content (AvgIpc) is 2.79. The first kappa shape index (κ1) is 36.5. The summed E-state index contributed by atoms with van der Waals surface area (Å²) in [6.45, 7) is 24.3. The van der Waals surface area contributed by atoms with E-state index in [9.17, 15) is 34.5 Å². The summed E-state index contributed by atoms with van der Waals surface area (Å²) in [4.78, 5) is 0. The Morgan fingerprint density at radius 2 is 0.455 bits per heavy atom. The van der Waals surface area contributed by atoms with Gasteiger partial charge in [-0.3, -0.25) is 0 Å². The molecule has 0 heterocycles. The van der Waals surface area contributed by atoms with E-state index in [0.717, 1.165) is 0 Å². The smallest absolute Gasteiger partial charge is 0.418 e. The third-order valence-electron chi connectivity index (χ3n) is 6.19. The van der Waals surface area contributed by atoms with Gasteiger partial charge in [0.25, 0.3) is 0 Å². The molecular formula is C22H33B2F8Ir-2. The van der Waals surface area contributed by atoms with Crippen LogP contribution in [0.25, 0.3) is 0 Å². The fourth-order valence-corrected chi connectivity index (χ4v) is 3.09. The molecule has 0 spiro atoms. The predicted octanol–water partition coefficient (Wildman–Crippen LogP) is 9.40. The average molecular weight is 663 g/mol. The third-order valence-corrected chi connectivity index (χ3v) is 6.19. The van der Waals surface area contributed by atoms with E-state index >= 15 is 0 Å². The van der Waals surface area contributed by atoms with Crippen LogP contribution in [-0.4, -0.2) is 14.5 Å². The minimum atomic E-state index is -6.00. The van der Waals surface area contributed by atoms with E-state index in [0.29, 0.717) is 0 Å². The van der Waals surface area contributed by atoms with Gasteiger partial charge >= 0.3 is 14.5 Å². The van der Waals surface area contributed by atoms with Crippen molar-refractivity contribution in [2.45, 2.75) is 76.2 Å². The normalized spacial score (nSPS) is 13.9. The number of allylic oxidation sites excluding steroid dienone is 4. The Balaban J connectivity index is -0.000000388. The largest absolute Gasteiger partial charge is 0.673 e. The van der Waals surface area contributed by atoms with E-state index in [-0.39, 0.29) is 20.1 Å². The minimum absolute atomic E-state index is 0. The molecule has 2 rings (SSSR count). The molecule has 1 aromatic rings. The van der Waals surface area contributed by atoms with Gasteiger partial charge in [0.2, 0.25) is 0 Å². The van der Waals surface area contributed by atoms with Gasteiger partial charge in [0.05, 0.1) is 0 Å². The molecule has 2 radical (unpaired) electrons. The van der Waals surface area contributed by atoms with E-state index in [1.54, 1.807) is 0 Å². The summed E-state index contributed by atoms with van der Waals surface area (Å²) in [7, 11) is -12.0. The van der Waals surface area contributed by atoms with Gasteiger partial charge in [-0.15, -0.1) is 0 Å². The Morgan fingerprint density at radius 1 is 0.333 bits per heavy atom. The van der Waals surface area contributed by atoms with Crippen LogP contribution in [0.5, 0.6) is 0 Å². The van der Waals surface area contributed by atoms with Crippen molar-refractivity contribution in [1.29, 1.82) is 0 Å². The minimum Gasteiger partial charge on any atom is -0.418 e. The van der Waals surface area contributed by atoms with Gasteiger partial charge in [-0.25, -0.2) is 0 Å². The predicted molar refractivity (Wildman–Crippen MR) is 121 cm³/mol. The van der Waals surface area contributed by atoms with Crippen LogP contribution in [0.4, 0.5) is 34.5 Å². The van der Waals surface area contributed by atoms with Crippen molar-refractivity contribution in [1.82, 2.24) is 0 Å². The van der Waals surface area contributed by atoms with Crippen LogP contribution in [0, 0.1) is 47.5 Å². The van der Waals surface area contributed by atoms with E-state index in [1.807, 2.05) is 0 Å². The second-order valence-corrected chi connectivity index (χ2v) is 7.86. The summed E-state index contributed by atoms with van der Waals surface area (Å²) in [5.74, 6) is 1.47. The molecule has 0 unspecified atom stereocenters. The molecule has 0 saturated carbocycles. The van der Waals surface area contributed by atoms with Crippen molar-refractivity contribution in [3.8, 4) is 0 Å². The number of hydrogen-bond donors (Lipinski definition) is 0. The number of benzene rings is 1. The Labute approximate surface area is 206 Å². The van der Waals surface area contributed by atoms with Crippen LogP contribution in [-0.2, 0) is 20.1 Å². The Hall–Kier alpha value is -1.08. The van der Waals surface area contributed by atoms with Crippen LogP contribution >= 0.6 is 0 Å². The molecule has 1 aliphatic carbocycles. The molecule has 0 N–H and O–H groups in total. The Kier molecular flexibility index (Phi) is 15.9. The molecule has 0 aliphatic heterocycles. The van der Waals surface area contributed by atoms with Crippen molar-refractivity contribution in [2.75, 3.05) is 0 Å². The molecule has 0 aromatic heterocycles. The first-order valence-corrected chi connectivity index (χ1v) is 10.00. The maximum atomic E-state index is 9.75. The van der Waals surface area contributed by atoms with Gasteiger partial charge in [0.1, 0.15) is 0 Å². The summed E-state index contributed by atoms with van der Waals surface area (Å²) in [6.07, 6.45) is 0. The van der Waals surface area contributed by atoms with Crippen molar-refractivity contribution in [3.05, 3.63) is 61.6 Å². The van der Waals surface area contributed by atoms with E-state index in [2.05, 4.69) is 76.2 Å². The van der Waals surface area contributed by atoms with Gasteiger partial charge in [-0.2, -0.15) is 0 Å². The fourth-order valence-electron chi connectivity index (χ4n) is 3.09. The van der Waals surface area contributed by atoms with Gasteiger partial charge in [-0.05, 0) is 114 Å². The van der Waals surface area contributed by atoms with Crippen LogP contribution in [0.1, 0.15) is 68.0 Å². The summed E-state index contributed by atoms with van der Waals surface area (Å²) in [5, 5.41) is 0. The Bertz CT molecular complexity index is 700. The Morgan fingerprint density at radius 3 is 0.515 bits per heavy atom. The fraction of sp³-hybridized carbons (Fsp3) is 0.500. The summed E-state index contributed by atoms with van der Waals surface area (Å²) >= 11 is 0. The molecule has 33 heavy (non-hydrogen) atoms. The molecule has 0 saturated heterocycles. The van der Waals surface area contributed by atoms with E-state index in [4.69, 9.17) is 0 Å². The molecule has 0 nitrogen and oxygen atoms in total. The van der Waals surface area contributed by atoms with Crippen molar-refractivity contribution in [2.24, 2.45) is 0 Å². The van der Waals surface area contributed by atoms with Crippen molar-refractivity contribution >= 4 is 14.5 Å². The van der Waals surface area contributed by atoms with Gasteiger partial charge in [0, 0.05) is 26.0 Å². The molecular weight excluding hydrogens is 630 g/mol. The topological polar surface area (TPSA) is 0 Å². The van der Waals surface area contributed by atoms with Gasteiger partial charge < -0.3 is 34.5 Å². The zero-order valence-electron chi connectivity index (χ0n) is 21.0. The molecule has 1 aliphatic rings. The summed E-state index contributed by atoms with van der Waals surface area (Å²) in [6, 6.07) is 0. The molecule has 1 aromatic carbocycles. The van der Waals surface area contributed by atoms with Gasteiger partial charge in [0.15, 0.2) is 0 Å². The summed E-state index contributed by atoms with van der Waals surface area (Å²) < 4.78 is 78.0. The molecule has 11 heteroatoms. The first-order valence-electron chi connectivity index (χ1n) is 10.00. The van der Waals surface area contributed by atoms with E-state index in [1.165, 1.54) is 61.6 Å². The van der Waals surface area contributed by atoms with Crippen LogP contribution in [0.2, 0.25) is 0 Å². The zero-order valence-corrected chi connectivity index (χ0v) is 23.4. The second kappa shape index (κ2) is 14.3. The molecule has 0 atom stereocenters. The maximum Gasteiger partial charge on any atom is 0.673 e. The zero-order chi connectivity index (χ0) is 26.4. The summed E-state index contributed by atoms with van der Waals surface area (Å²) in [5.41, 5.74) is 14.6. The maximum absolute atomic E-state index is 9.75. The quantitative estimate of drug-likeness (QED) is 0.192. The molecule has 194 valence electrons. The van der Waals surface area contributed by atoms with Crippen LogP contribution < -0.4 is 0 Å².